The molecule has 0 heterocycles. The molecular formula is C14H28N2O6S. The second kappa shape index (κ2) is 12.7. The lowest BCUT2D eigenvalue weighted by Crippen LogP contribution is -2.55. The van der Waals surface area contributed by atoms with Crippen molar-refractivity contribution in [1.29, 1.82) is 0 Å². The summed E-state index contributed by atoms with van der Waals surface area (Å²) in [6.07, 6.45) is -1.43. The number of nitrogens with one attached hydrogen (secondary N) is 1. The van der Waals surface area contributed by atoms with E-state index in [1.807, 2.05) is 0 Å². The molecule has 0 aliphatic carbocycles. The van der Waals surface area contributed by atoms with Crippen LogP contribution in [0.4, 0.5) is 0 Å². The van der Waals surface area contributed by atoms with E-state index in [-0.39, 0.29) is 0 Å². The highest BCUT2D eigenvalue weighted by Crippen LogP contribution is 2.15. The van der Waals surface area contributed by atoms with Crippen LogP contribution in [0.1, 0.15) is 32.6 Å². The van der Waals surface area contributed by atoms with Gasteiger partial charge in [-0.1, -0.05) is 24.6 Å². The number of amides is 1. The highest BCUT2D eigenvalue weighted by atomic mass is 32.2. The number of carbonyl (C=O) groups is 2. The minimum absolute atomic E-state index is 0.504. The molecule has 0 saturated heterocycles. The third-order valence-corrected chi connectivity index (χ3v) is 4.26. The van der Waals surface area contributed by atoms with Crippen LogP contribution in [-0.2, 0) is 9.59 Å². The van der Waals surface area contributed by atoms with Crippen molar-refractivity contribution in [3.05, 3.63) is 0 Å². The predicted molar refractivity (Wildman–Crippen MR) is 87.7 cm³/mol. The van der Waals surface area contributed by atoms with Gasteiger partial charge in [-0.3, -0.25) is 9.59 Å². The molecule has 23 heavy (non-hydrogen) atoms. The first-order valence-corrected chi connectivity index (χ1v) is 8.62. The number of unbranched alkanes of at least 4 members (excludes halogenated alkanes) is 3. The second-order valence-corrected chi connectivity index (χ2v) is 6.38. The summed E-state index contributed by atoms with van der Waals surface area (Å²) >= 11 is 0.949. The topological polar surface area (TPSA) is 153 Å². The van der Waals surface area contributed by atoms with E-state index in [4.69, 9.17) is 10.8 Å². The highest BCUT2D eigenvalue weighted by Gasteiger charge is 2.36. The third kappa shape index (κ3) is 9.23. The molecule has 9 heteroatoms. The molecule has 0 aromatic heterocycles. The van der Waals surface area contributed by atoms with E-state index in [2.05, 4.69) is 5.32 Å². The van der Waals surface area contributed by atoms with Crippen molar-refractivity contribution in [3.8, 4) is 0 Å². The Kier molecular flexibility index (Phi) is 12.3. The van der Waals surface area contributed by atoms with E-state index in [0.29, 0.717) is 12.3 Å². The lowest BCUT2D eigenvalue weighted by molar-refractivity contribution is -0.131. The Hall–Kier alpha value is -0.710. The molecule has 0 spiro atoms. The number of nitrogens with two attached hydrogens (primary N) is 1. The van der Waals surface area contributed by atoms with Crippen molar-refractivity contribution in [1.82, 2.24) is 5.32 Å². The van der Waals surface area contributed by atoms with Crippen LogP contribution in [0.15, 0.2) is 0 Å². The predicted octanol–water partition coefficient (Wildman–Crippen LogP) is -1.65. The zero-order valence-corrected chi connectivity index (χ0v) is 14.2. The van der Waals surface area contributed by atoms with E-state index >= 15 is 0 Å². The molecule has 0 aromatic carbocycles. The second-order valence-electron chi connectivity index (χ2n) is 5.28. The Morgan fingerprint density at radius 3 is 2.22 bits per heavy atom. The van der Waals surface area contributed by atoms with Gasteiger partial charge in [0.15, 0.2) is 0 Å². The van der Waals surface area contributed by atoms with Crippen molar-refractivity contribution in [2.75, 3.05) is 18.9 Å². The van der Waals surface area contributed by atoms with Gasteiger partial charge in [0.05, 0.1) is 6.61 Å². The lowest BCUT2D eigenvalue weighted by atomic mass is 10.0. The molecule has 4 atom stereocenters. The molecule has 0 rings (SSSR count). The van der Waals surface area contributed by atoms with Crippen LogP contribution in [0.2, 0.25) is 0 Å². The van der Waals surface area contributed by atoms with Gasteiger partial charge in [-0.15, -0.1) is 0 Å². The number of aliphatic hydroxyl groups is 4. The summed E-state index contributed by atoms with van der Waals surface area (Å²) in [5.74, 6) is -0.0261. The van der Waals surface area contributed by atoms with Gasteiger partial charge in [-0.2, -0.15) is 0 Å². The average molecular weight is 352 g/mol. The largest absolute Gasteiger partial charge is 0.394 e. The first-order valence-electron chi connectivity index (χ1n) is 7.64. The summed E-state index contributed by atoms with van der Waals surface area (Å²) in [6, 6.07) is -1.35. The molecule has 0 aliphatic heterocycles. The Balaban J connectivity index is 4.51. The first kappa shape index (κ1) is 22.3. The minimum Gasteiger partial charge on any atom is -0.394 e. The number of rotatable bonds is 12. The smallest absolute Gasteiger partial charge is 0.217 e. The van der Waals surface area contributed by atoms with E-state index in [1.54, 1.807) is 0 Å². The molecule has 0 bridgehead atoms. The van der Waals surface area contributed by atoms with Crippen LogP contribution in [0.25, 0.3) is 0 Å². The van der Waals surface area contributed by atoms with Crippen molar-refractivity contribution in [2.24, 2.45) is 5.73 Å². The van der Waals surface area contributed by atoms with Crippen molar-refractivity contribution < 1.29 is 30.0 Å². The zero-order chi connectivity index (χ0) is 17.8. The maximum Gasteiger partial charge on any atom is 0.217 e. The number of hydrogen-bond acceptors (Lipinski definition) is 8. The van der Waals surface area contributed by atoms with Crippen molar-refractivity contribution >= 4 is 22.8 Å². The fourth-order valence-electron chi connectivity index (χ4n) is 1.90. The molecular weight excluding hydrogens is 324 g/mol. The van der Waals surface area contributed by atoms with Gasteiger partial charge >= 0.3 is 0 Å². The Bertz CT molecular complexity index is 358. The van der Waals surface area contributed by atoms with Crippen molar-refractivity contribution in [3.63, 3.8) is 0 Å². The number of aliphatic hydroxyl groups excluding tert-OH is 4. The maximum atomic E-state index is 12.1. The molecule has 8 nitrogen and oxygen atoms in total. The molecule has 0 radical (unpaired) electrons. The minimum atomic E-state index is -1.74. The van der Waals surface area contributed by atoms with Crippen LogP contribution in [-0.4, -0.2) is 74.7 Å². The summed E-state index contributed by atoms with van der Waals surface area (Å²) in [4.78, 5) is 23.3. The maximum absolute atomic E-state index is 12.1. The molecule has 0 saturated carbocycles. The van der Waals surface area contributed by atoms with E-state index in [0.717, 1.165) is 37.4 Å². The fraction of sp³-hybridized carbons (Fsp3) is 0.857. The number of thioether (sulfide) groups is 1. The van der Waals surface area contributed by atoms with Gasteiger partial charge in [-0.05, 0) is 19.4 Å². The van der Waals surface area contributed by atoms with Crippen molar-refractivity contribution in [2.45, 2.75) is 57.0 Å². The average Bonchev–Trinajstić information content (AvgIpc) is 2.53. The van der Waals surface area contributed by atoms with Gasteiger partial charge in [0.2, 0.25) is 11.0 Å². The van der Waals surface area contributed by atoms with Gasteiger partial charge in [-0.25, -0.2) is 0 Å². The molecule has 0 aromatic rings. The quantitative estimate of drug-likeness (QED) is 0.228. The Labute approximate surface area is 140 Å². The van der Waals surface area contributed by atoms with E-state index in [1.165, 1.54) is 6.92 Å². The highest BCUT2D eigenvalue weighted by molar-refractivity contribution is 8.13. The Morgan fingerprint density at radius 2 is 1.70 bits per heavy atom. The normalized spacial score (nSPS) is 16.4. The summed E-state index contributed by atoms with van der Waals surface area (Å²) in [7, 11) is 0. The third-order valence-electron chi connectivity index (χ3n) is 3.23. The Morgan fingerprint density at radius 1 is 1.09 bits per heavy atom. The molecule has 0 unspecified atom stereocenters. The van der Waals surface area contributed by atoms with E-state index < -0.39 is 42.0 Å². The van der Waals surface area contributed by atoms with Crippen LogP contribution < -0.4 is 11.1 Å². The summed E-state index contributed by atoms with van der Waals surface area (Å²) in [6.45, 7) is 1.04. The monoisotopic (exact) mass is 352 g/mol. The SMILES string of the molecule is CC(=O)N[C@@H](C(=O)SCCCCCCN)[C@@H](O)[C@H](O)[C@H](O)CO. The van der Waals surface area contributed by atoms with Crippen LogP contribution in [0.5, 0.6) is 0 Å². The van der Waals surface area contributed by atoms with E-state index in [9.17, 15) is 24.9 Å². The standard InChI is InChI=1S/C14H28N2O6S/c1-9(18)16-11(13(21)12(20)10(19)8-17)14(22)23-7-5-3-2-4-6-15/h10-13,17,19-21H,2-8,15H2,1H3,(H,16,18)/t10-,11-,12-,13-/m1/s1. The molecule has 1 amide bonds. The van der Waals surface area contributed by atoms with Gasteiger partial charge in [0.25, 0.3) is 0 Å². The first-order chi connectivity index (χ1) is 10.8. The van der Waals surface area contributed by atoms with Crippen LogP contribution in [0.3, 0.4) is 0 Å². The molecule has 136 valence electrons. The summed E-state index contributed by atoms with van der Waals surface area (Å²) < 4.78 is 0. The lowest BCUT2D eigenvalue weighted by Gasteiger charge is -2.28. The van der Waals surface area contributed by atoms with Gasteiger partial charge in [0.1, 0.15) is 24.4 Å². The number of carbonyl (C=O) groups excluding carboxylic acids is 2. The zero-order valence-electron chi connectivity index (χ0n) is 13.4. The van der Waals surface area contributed by atoms with Crippen LogP contribution >= 0.6 is 11.8 Å². The molecule has 0 aliphatic rings. The summed E-state index contributed by atoms with van der Waals surface area (Å²) in [5.41, 5.74) is 5.39. The summed E-state index contributed by atoms with van der Waals surface area (Å²) in [5, 5.41) is 39.6. The number of hydrogen-bond donors (Lipinski definition) is 6. The molecule has 0 fully saturated rings. The fourth-order valence-corrected chi connectivity index (χ4v) is 2.83. The molecule has 7 N–H and O–H groups in total. The van der Waals surface area contributed by atoms with Crippen LogP contribution in [0, 0.1) is 0 Å². The van der Waals surface area contributed by atoms with Gasteiger partial charge < -0.3 is 31.5 Å². The van der Waals surface area contributed by atoms with Gasteiger partial charge in [0, 0.05) is 12.7 Å².